The molecular formula is C18H30ClN3O3S. The van der Waals surface area contributed by atoms with Gasteiger partial charge in [0.2, 0.25) is 5.91 Å². The number of nitrogens with one attached hydrogen (secondary N) is 1. The van der Waals surface area contributed by atoms with Crippen molar-refractivity contribution in [3.63, 3.8) is 0 Å². The molecule has 26 heavy (non-hydrogen) atoms. The summed E-state index contributed by atoms with van der Waals surface area (Å²) in [4.78, 5) is 28.6. The lowest BCUT2D eigenvalue weighted by Gasteiger charge is -2.25. The van der Waals surface area contributed by atoms with Crippen LogP contribution in [0.3, 0.4) is 0 Å². The minimum absolute atomic E-state index is 0. The van der Waals surface area contributed by atoms with E-state index in [0.29, 0.717) is 6.54 Å². The molecule has 1 saturated heterocycles. The number of amides is 1. The molecule has 6 nitrogen and oxygen atoms in total. The van der Waals surface area contributed by atoms with Crippen LogP contribution in [0.2, 0.25) is 0 Å². The van der Waals surface area contributed by atoms with Gasteiger partial charge < -0.3 is 10.4 Å². The SMILES string of the molecule is Cc1sc(NC(=O)CN2CCCC(N(C)CC(=O)O)CC2)c(C)c1C.Cl. The Morgan fingerprint density at radius 3 is 2.50 bits per heavy atom. The minimum atomic E-state index is -0.792. The molecule has 2 heterocycles. The molecule has 0 aliphatic carbocycles. The van der Waals surface area contributed by atoms with Gasteiger partial charge in [-0.1, -0.05) is 0 Å². The number of anilines is 1. The third-order valence-corrected chi connectivity index (χ3v) is 6.33. The fraction of sp³-hybridized carbons (Fsp3) is 0.667. The highest BCUT2D eigenvalue weighted by molar-refractivity contribution is 7.16. The van der Waals surface area contributed by atoms with Gasteiger partial charge in [0.1, 0.15) is 0 Å². The summed E-state index contributed by atoms with van der Waals surface area (Å²) < 4.78 is 0. The summed E-state index contributed by atoms with van der Waals surface area (Å²) in [5, 5.41) is 12.9. The maximum atomic E-state index is 12.4. The Morgan fingerprint density at radius 1 is 1.23 bits per heavy atom. The van der Waals surface area contributed by atoms with Gasteiger partial charge >= 0.3 is 5.97 Å². The van der Waals surface area contributed by atoms with E-state index in [-0.39, 0.29) is 30.9 Å². The lowest BCUT2D eigenvalue weighted by molar-refractivity contribution is -0.138. The van der Waals surface area contributed by atoms with Crippen molar-refractivity contribution in [3.05, 3.63) is 16.0 Å². The van der Waals surface area contributed by atoms with Gasteiger partial charge in [0.25, 0.3) is 0 Å². The first-order valence-corrected chi connectivity index (χ1v) is 9.60. The Labute approximate surface area is 166 Å². The molecule has 1 amide bonds. The normalized spacial score (nSPS) is 18.3. The first-order chi connectivity index (χ1) is 11.8. The lowest BCUT2D eigenvalue weighted by Crippen LogP contribution is -2.37. The highest BCUT2D eigenvalue weighted by atomic mass is 35.5. The monoisotopic (exact) mass is 403 g/mol. The molecule has 2 rings (SSSR count). The van der Waals surface area contributed by atoms with Gasteiger partial charge in [-0.2, -0.15) is 0 Å². The van der Waals surface area contributed by atoms with Gasteiger partial charge in [-0.25, -0.2) is 0 Å². The van der Waals surface area contributed by atoms with Gasteiger partial charge in [-0.15, -0.1) is 23.7 Å². The van der Waals surface area contributed by atoms with Crippen LogP contribution in [0.25, 0.3) is 0 Å². The number of hydrogen-bond donors (Lipinski definition) is 2. The zero-order valence-electron chi connectivity index (χ0n) is 16.0. The maximum absolute atomic E-state index is 12.4. The maximum Gasteiger partial charge on any atom is 0.317 e. The molecule has 1 unspecified atom stereocenters. The van der Waals surface area contributed by atoms with E-state index in [2.05, 4.69) is 24.1 Å². The van der Waals surface area contributed by atoms with Crippen molar-refractivity contribution in [2.45, 2.75) is 46.1 Å². The molecule has 8 heteroatoms. The summed E-state index contributed by atoms with van der Waals surface area (Å²) in [6.45, 7) is 8.37. The van der Waals surface area contributed by atoms with E-state index in [1.165, 1.54) is 10.4 Å². The molecule has 1 atom stereocenters. The summed E-state index contributed by atoms with van der Waals surface area (Å²) in [6, 6.07) is 0.272. The first kappa shape index (κ1) is 22.9. The van der Waals surface area contributed by atoms with E-state index < -0.39 is 5.97 Å². The fourth-order valence-electron chi connectivity index (χ4n) is 3.31. The average Bonchev–Trinajstić information content (AvgIpc) is 2.72. The van der Waals surface area contributed by atoms with Gasteiger partial charge in [-0.3, -0.25) is 19.4 Å². The molecule has 1 aromatic heterocycles. The van der Waals surface area contributed by atoms with E-state index in [1.807, 2.05) is 18.9 Å². The fourth-order valence-corrected chi connectivity index (χ4v) is 4.39. The number of aryl methyl sites for hydroxylation is 1. The van der Waals surface area contributed by atoms with Crippen LogP contribution in [0, 0.1) is 20.8 Å². The minimum Gasteiger partial charge on any atom is -0.480 e. The summed E-state index contributed by atoms with van der Waals surface area (Å²) >= 11 is 1.63. The van der Waals surface area contributed by atoms with Crippen molar-refractivity contribution in [3.8, 4) is 0 Å². The van der Waals surface area contributed by atoms with Crippen molar-refractivity contribution in [1.82, 2.24) is 9.80 Å². The number of hydrogen-bond acceptors (Lipinski definition) is 5. The third kappa shape index (κ3) is 6.23. The number of carbonyl (C=O) groups is 2. The highest BCUT2D eigenvalue weighted by Crippen LogP contribution is 2.31. The summed E-state index contributed by atoms with van der Waals surface area (Å²) in [7, 11) is 1.87. The Hall–Kier alpha value is -1.15. The van der Waals surface area contributed by atoms with Gasteiger partial charge in [0, 0.05) is 17.5 Å². The molecule has 0 bridgehead atoms. The van der Waals surface area contributed by atoms with Crippen LogP contribution in [0.4, 0.5) is 5.00 Å². The van der Waals surface area contributed by atoms with E-state index in [1.54, 1.807) is 11.3 Å². The van der Waals surface area contributed by atoms with E-state index in [9.17, 15) is 9.59 Å². The van der Waals surface area contributed by atoms with Crippen molar-refractivity contribution in [2.24, 2.45) is 0 Å². The van der Waals surface area contributed by atoms with Crippen LogP contribution < -0.4 is 5.32 Å². The van der Waals surface area contributed by atoms with E-state index in [0.717, 1.165) is 42.9 Å². The van der Waals surface area contributed by atoms with Crippen molar-refractivity contribution < 1.29 is 14.7 Å². The number of halogens is 1. The second-order valence-corrected chi connectivity index (χ2v) is 8.18. The predicted molar refractivity (Wildman–Crippen MR) is 109 cm³/mol. The Kier molecular flexibility index (Phi) is 9.03. The molecule has 2 N–H and O–H groups in total. The Morgan fingerprint density at radius 2 is 1.92 bits per heavy atom. The van der Waals surface area contributed by atoms with Gasteiger partial charge in [0.05, 0.1) is 18.1 Å². The molecule has 1 aliphatic rings. The molecular weight excluding hydrogens is 374 g/mol. The quantitative estimate of drug-likeness (QED) is 0.764. The number of carbonyl (C=O) groups excluding carboxylic acids is 1. The summed E-state index contributed by atoms with van der Waals surface area (Å²) in [6.07, 6.45) is 2.86. The van der Waals surface area contributed by atoms with Crippen LogP contribution in [0.1, 0.15) is 35.3 Å². The molecule has 148 valence electrons. The molecule has 1 aliphatic heterocycles. The largest absolute Gasteiger partial charge is 0.480 e. The number of nitrogens with zero attached hydrogens (tertiary/aromatic N) is 2. The van der Waals surface area contributed by atoms with Crippen LogP contribution in [0.15, 0.2) is 0 Å². The number of rotatable bonds is 6. The van der Waals surface area contributed by atoms with Crippen molar-refractivity contribution >= 4 is 40.6 Å². The Balaban J connectivity index is 0.00000338. The second-order valence-electron chi connectivity index (χ2n) is 6.96. The standard InChI is InChI=1S/C18H29N3O3S.ClH/c1-12-13(2)18(25-14(12)3)19-16(22)10-21-8-5-6-15(7-9-21)20(4)11-17(23)24;/h15H,5-11H2,1-4H3,(H,19,22)(H,23,24);1H. The molecule has 1 aromatic rings. The third-order valence-electron chi connectivity index (χ3n) is 5.10. The summed E-state index contributed by atoms with van der Waals surface area (Å²) in [5.74, 6) is -0.762. The Bertz CT molecular complexity index is 635. The lowest BCUT2D eigenvalue weighted by atomic mass is 10.1. The van der Waals surface area contributed by atoms with Crippen LogP contribution in [-0.4, -0.2) is 66.1 Å². The summed E-state index contributed by atoms with van der Waals surface area (Å²) in [5.41, 5.74) is 2.40. The number of thiophene rings is 1. The molecule has 1 fully saturated rings. The van der Waals surface area contributed by atoms with Gasteiger partial charge in [-0.05, 0) is 64.8 Å². The number of carboxylic acids is 1. The molecule has 0 saturated carbocycles. The van der Waals surface area contributed by atoms with Crippen molar-refractivity contribution in [2.75, 3.05) is 38.5 Å². The number of aliphatic carboxylic acids is 1. The average molecular weight is 404 g/mol. The topological polar surface area (TPSA) is 72.9 Å². The zero-order valence-corrected chi connectivity index (χ0v) is 17.6. The molecule has 0 spiro atoms. The zero-order chi connectivity index (χ0) is 18.6. The van der Waals surface area contributed by atoms with Crippen molar-refractivity contribution in [1.29, 1.82) is 0 Å². The van der Waals surface area contributed by atoms with Crippen LogP contribution in [-0.2, 0) is 9.59 Å². The number of likely N-dealkylation sites (tertiary alicyclic amines) is 1. The number of carboxylic acid groups (broad SMARTS) is 1. The van der Waals surface area contributed by atoms with Crippen LogP contribution >= 0.6 is 23.7 Å². The van der Waals surface area contributed by atoms with E-state index in [4.69, 9.17) is 5.11 Å². The highest BCUT2D eigenvalue weighted by Gasteiger charge is 2.23. The smallest absolute Gasteiger partial charge is 0.317 e. The molecule has 0 aromatic carbocycles. The first-order valence-electron chi connectivity index (χ1n) is 8.78. The number of likely N-dealkylation sites (N-methyl/N-ethyl adjacent to an activating group) is 1. The second kappa shape index (κ2) is 10.3. The predicted octanol–water partition coefficient (Wildman–Crippen LogP) is 2.90. The van der Waals surface area contributed by atoms with Gasteiger partial charge in [0.15, 0.2) is 0 Å². The van der Waals surface area contributed by atoms with Crippen LogP contribution in [0.5, 0.6) is 0 Å². The van der Waals surface area contributed by atoms with E-state index >= 15 is 0 Å². The molecule has 0 radical (unpaired) electrons.